The molecule has 2 rings (SSSR count). The number of nitrogens with zero attached hydrogens (tertiary/aromatic N) is 2. The van der Waals surface area contributed by atoms with Gasteiger partial charge in [-0.2, -0.15) is 4.98 Å². The molecular weight excluding hydrogens is 308 g/mol. The number of benzene rings is 1. The van der Waals surface area contributed by atoms with Crippen LogP contribution in [0, 0.1) is 0 Å². The van der Waals surface area contributed by atoms with Crippen molar-refractivity contribution < 1.29 is 22.4 Å². The highest BCUT2D eigenvalue weighted by molar-refractivity contribution is 7.90. The van der Waals surface area contributed by atoms with Gasteiger partial charge in [-0.3, -0.25) is 0 Å². The van der Waals surface area contributed by atoms with E-state index in [9.17, 15) is 8.42 Å². The molecule has 0 spiro atoms. The fraction of sp³-hybridized carbons (Fsp3) is 0.429. The Hall–Kier alpha value is -1.93. The van der Waals surface area contributed by atoms with Crippen molar-refractivity contribution in [3.05, 3.63) is 36.0 Å². The first-order valence-corrected chi connectivity index (χ1v) is 8.66. The zero-order chi connectivity index (χ0) is 16.2. The van der Waals surface area contributed by atoms with E-state index >= 15 is 0 Å². The Kier molecular flexibility index (Phi) is 5.15. The van der Waals surface area contributed by atoms with Crippen LogP contribution < -0.4 is 4.74 Å². The molecule has 1 heterocycles. The molecular formula is C14H18N2O5S. The Morgan fingerprint density at radius 3 is 2.82 bits per heavy atom. The second-order valence-electron chi connectivity index (χ2n) is 4.68. The molecule has 0 bridgehead atoms. The van der Waals surface area contributed by atoms with Crippen LogP contribution >= 0.6 is 0 Å². The van der Waals surface area contributed by atoms with Gasteiger partial charge in [-0.25, -0.2) is 8.42 Å². The van der Waals surface area contributed by atoms with Crippen molar-refractivity contribution in [1.82, 2.24) is 10.1 Å². The lowest BCUT2D eigenvalue weighted by atomic mass is 10.3. The van der Waals surface area contributed by atoms with Crippen LogP contribution in [0.15, 0.2) is 33.7 Å². The molecule has 8 heteroatoms. The second kappa shape index (κ2) is 6.89. The SMILES string of the molecule is CCOC(C)c1noc(COc2cccc(S(C)(=O)=O)c2)n1. The van der Waals surface area contributed by atoms with Crippen molar-refractivity contribution in [3.63, 3.8) is 0 Å². The maximum absolute atomic E-state index is 11.5. The van der Waals surface area contributed by atoms with Crippen LogP contribution in [0.1, 0.15) is 31.7 Å². The molecule has 0 saturated carbocycles. The summed E-state index contributed by atoms with van der Waals surface area (Å²) in [6.07, 6.45) is 0.891. The van der Waals surface area contributed by atoms with Gasteiger partial charge in [0.25, 0.3) is 5.89 Å². The van der Waals surface area contributed by atoms with Crippen molar-refractivity contribution in [3.8, 4) is 5.75 Å². The first-order chi connectivity index (χ1) is 10.4. The average Bonchev–Trinajstić information content (AvgIpc) is 2.94. The van der Waals surface area contributed by atoms with E-state index in [0.29, 0.717) is 24.1 Å². The first kappa shape index (κ1) is 16.4. The van der Waals surface area contributed by atoms with Gasteiger partial charge in [-0.15, -0.1) is 0 Å². The Morgan fingerprint density at radius 1 is 1.36 bits per heavy atom. The van der Waals surface area contributed by atoms with Crippen LogP contribution in [-0.2, 0) is 21.2 Å². The monoisotopic (exact) mass is 326 g/mol. The summed E-state index contributed by atoms with van der Waals surface area (Å²) in [6, 6.07) is 6.24. The summed E-state index contributed by atoms with van der Waals surface area (Å²) >= 11 is 0. The molecule has 0 radical (unpaired) electrons. The highest BCUT2D eigenvalue weighted by Crippen LogP contribution is 2.19. The number of hydrogen-bond donors (Lipinski definition) is 0. The molecule has 0 aliphatic carbocycles. The number of ether oxygens (including phenoxy) is 2. The number of sulfone groups is 1. The van der Waals surface area contributed by atoms with Gasteiger partial charge in [0.05, 0.1) is 4.90 Å². The summed E-state index contributed by atoms with van der Waals surface area (Å²) in [6.45, 7) is 4.32. The average molecular weight is 326 g/mol. The van der Waals surface area contributed by atoms with Gasteiger partial charge >= 0.3 is 0 Å². The van der Waals surface area contributed by atoms with Gasteiger partial charge < -0.3 is 14.0 Å². The van der Waals surface area contributed by atoms with Gasteiger partial charge in [-0.05, 0) is 32.0 Å². The topological polar surface area (TPSA) is 91.5 Å². The van der Waals surface area contributed by atoms with E-state index in [1.165, 1.54) is 12.1 Å². The Bertz CT molecular complexity index is 726. The molecule has 22 heavy (non-hydrogen) atoms. The second-order valence-corrected chi connectivity index (χ2v) is 6.70. The third kappa shape index (κ3) is 4.28. The van der Waals surface area contributed by atoms with E-state index in [4.69, 9.17) is 14.0 Å². The number of rotatable bonds is 7. The maximum Gasteiger partial charge on any atom is 0.264 e. The van der Waals surface area contributed by atoms with Crippen molar-refractivity contribution in [2.75, 3.05) is 12.9 Å². The molecule has 2 aromatic rings. The van der Waals surface area contributed by atoms with Crippen LogP contribution in [0.3, 0.4) is 0 Å². The molecule has 0 aliphatic heterocycles. The maximum atomic E-state index is 11.5. The molecule has 1 aromatic carbocycles. The highest BCUT2D eigenvalue weighted by Gasteiger charge is 2.14. The quantitative estimate of drug-likeness (QED) is 0.769. The van der Waals surface area contributed by atoms with Crippen molar-refractivity contribution in [2.24, 2.45) is 0 Å². The highest BCUT2D eigenvalue weighted by atomic mass is 32.2. The summed E-state index contributed by atoms with van der Waals surface area (Å²) in [7, 11) is -3.27. The third-order valence-corrected chi connectivity index (χ3v) is 3.97. The lowest BCUT2D eigenvalue weighted by Gasteiger charge is -2.05. The number of aromatic nitrogens is 2. The van der Waals surface area contributed by atoms with Crippen LogP contribution in [0.25, 0.3) is 0 Å². The molecule has 0 fully saturated rings. The van der Waals surface area contributed by atoms with Crippen LogP contribution in [0.5, 0.6) is 5.75 Å². The normalized spacial score (nSPS) is 13.0. The standard InChI is InChI=1S/C14H18N2O5S/c1-4-19-10(2)14-15-13(21-16-14)9-20-11-6-5-7-12(8-11)22(3,17)18/h5-8,10H,4,9H2,1-3H3. The van der Waals surface area contributed by atoms with E-state index in [0.717, 1.165) is 6.26 Å². The van der Waals surface area contributed by atoms with Crippen molar-refractivity contribution >= 4 is 9.84 Å². The minimum Gasteiger partial charge on any atom is -0.484 e. The minimum absolute atomic E-state index is 0.0546. The largest absolute Gasteiger partial charge is 0.484 e. The van der Waals surface area contributed by atoms with E-state index in [1.807, 2.05) is 13.8 Å². The molecule has 1 unspecified atom stereocenters. The van der Waals surface area contributed by atoms with Gasteiger partial charge in [0.15, 0.2) is 22.3 Å². The summed E-state index contributed by atoms with van der Waals surface area (Å²) < 4.78 is 38.9. The lowest BCUT2D eigenvalue weighted by molar-refractivity contribution is 0.0683. The molecule has 1 atom stereocenters. The van der Waals surface area contributed by atoms with Gasteiger partial charge in [0.2, 0.25) is 0 Å². The molecule has 0 amide bonds. The first-order valence-electron chi connectivity index (χ1n) is 6.77. The summed E-state index contributed by atoms with van der Waals surface area (Å²) in [5.74, 6) is 1.16. The fourth-order valence-electron chi connectivity index (χ4n) is 1.76. The lowest BCUT2D eigenvalue weighted by Crippen LogP contribution is -2.02. The summed E-state index contributed by atoms with van der Waals surface area (Å²) in [5.41, 5.74) is 0. The smallest absolute Gasteiger partial charge is 0.264 e. The fourth-order valence-corrected chi connectivity index (χ4v) is 2.41. The van der Waals surface area contributed by atoms with E-state index < -0.39 is 9.84 Å². The molecule has 120 valence electrons. The van der Waals surface area contributed by atoms with Gasteiger partial charge in [0, 0.05) is 12.9 Å². The van der Waals surface area contributed by atoms with Crippen LogP contribution in [0.2, 0.25) is 0 Å². The predicted molar refractivity (Wildman–Crippen MR) is 78.2 cm³/mol. The van der Waals surface area contributed by atoms with Crippen LogP contribution in [-0.4, -0.2) is 31.4 Å². The molecule has 0 aliphatic rings. The van der Waals surface area contributed by atoms with Crippen molar-refractivity contribution in [1.29, 1.82) is 0 Å². The van der Waals surface area contributed by atoms with Gasteiger partial charge in [0.1, 0.15) is 11.9 Å². The molecule has 0 saturated heterocycles. The zero-order valence-corrected chi connectivity index (χ0v) is 13.5. The molecule has 1 aromatic heterocycles. The Morgan fingerprint density at radius 2 is 2.14 bits per heavy atom. The third-order valence-electron chi connectivity index (χ3n) is 2.86. The van der Waals surface area contributed by atoms with E-state index in [2.05, 4.69) is 10.1 Å². The zero-order valence-electron chi connectivity index (χ0n) is 12.6. The predicted octanol–water partition coefficient (Wildman–Crippen LogP) is 2.15. The number of hydrogen-bond acceptors (Lipinski definition) is 7. The van der Waals surface area contributed by atoms with E-state index in [-0.39, 0.29) is 17.6 Å². The van der Waals surface area contributed by atoms with Crippen LogP contribution in [0.4, 0.5) is 0 Å². The summed E-state index contributed by atoms with van der Waals surface area (Å²) in [4.78, 5) is 4.36. The minimum atomic E-state index is -3.27. The molecule has 0 N–H and O–H groups in total. The van der Waals surface area contributed by atoms with Gasteiger partial charge in [-0.1, -0.05) is 11.2 Å². The van der Waals surface area contributed by atoms with E-state index in [1.54, 1.807) is 12.1 Å². The Labute approximate surface area is 129 Å². The van der Waals surface area contributed by atoms with Crippen molar-refractivity contribution in [2.45, 2.75) is 31.5 Å². The summed E-state index contributed by atoms with van der Waals surface area (Å²) in [5, 5.41) is 3.82. The molecule has 7 nitrogen and oxygen atoms in total. The Balaban J connectivity index is 2.02.